The van der Waals surface area contributed by atoms with Crippen LogP contribution < -0.4 is 4.90 Å². The summed E-state index contributed by atoms with van der Waals surface area (Å²) < 4.78 is 0. The Morgan fingerprint density at radius 1 is 1.57 bits per heavy atom. The van der Waals surface area contributed by atoms with Gasteiger partial charge >= 0.3 is 0 Å². The number of rotatable bonds is 1. The van der Waals surface area contributed by atoms with E-state index in [4.69, 9.17) is 5.21 Å². The van der Waals surface area contributed by atoms with Crippen LogP contribution in [0.1, 0.15) is 18.1 Å². The van der Waals surface area contributed by atoms with Gasteiger partial charge in [0.15, 0.2) is 0 Å². The van der Waals surface area contributed by atoms with Crippen molar-refractivity contribution in [3.63, 3.8) is 0 Å². The molecule has 1 aliphatic rings. The minimum absolute atomic E-state index is 0.561. The summed E-state index contributed by atoms with van der Waals surface area (Å²) in [6.07, 6.45) is 2.53. The SMILES string of the molecule is CC1Cc2cc(/C=N\O)ccc2N1C. The molecule has 1 aromatic carbocycles. The van der Waals surface area contributed by atoms with Gasteiger partial charge in [0.05, 0.1) is 6.21 Å². The van der Waals surface area contributed by atoms with Crippen molar-refractivity contribution in [1.82, 2.24) is 0 Å². The second-order valence-electron chi connectivity index (χ2n) is 3.80. The van der Waals surface area contributed by atoms with Crippen LogP contribution >= 0.6 is 0 Å². The molecule has 14 heavy (non-hydrogen) atoms. The molecule has 1 atom stereocenters. The smallest absolute Gasteiger partial charge is 0.0733 e. The van der Waals surface area contributed by atoms with Crippen molar-refractivity contribution in [3.05, 3.63) is 29.3 Å². The van der Waals surface area contributed by atoms with Crippen molar-refractivity contribution in [2.24, 2.45) is 5.16 Å². The van der Waals surface area contributed by atoms with Gasteiger partial charge in [0.25, 0.3) is 0 Å². The van der Waals surface area contributed by atoms with Crippen molar-refractivity contribution >= 4 is 11.9 Å². The fourth-order valence-corrected chi connectivity index (χ4v) is 1.95. The van der Waals surface area contributed by atoms with Crippen LogP contribution in [0, 0.1) is 0 Å². The summed E-state index contributed by atoms with van der Waals surface area (Å²) in [6.45, 7) is 2.21. The van der Waals surface area contributed by atoms with Crippen molar-refractivity contribution in [2.75, 3.05) is 11.9 Å². The summed E-state index contributed by atoms with van der Waals surface area (Å²) in [7, 11) is 2.11. The van der Waals surface area contributed by atoms with E-state index >= 15 is 0 Å². The average Bonchev–Trinajstić information content (AvgIpc) is 2.43. The third-order valence-corrected chi connectivity index (χ3v) is 2.87. The number of nitrogens with zero attached hydrogens (tertiary/aromatic N) is 2. The number of fused-ring (bicyclic) bond motifs is 1. The first-order chi connectivity index (χ1) is 6.72. The molecule has 0 saturated carbocycles. The van der Waals surface area contributed by atoms with E-state index < -0.39 is 0 Å². The largest absolute Gasteiger partial charge is 0.411 e. The fourth-order valence-electron chi connectivity index (χ4n) is 1.95. The zero-order valence-electron chi connectivity index (χ0n) is 8.44. The lowest BCUT2D eigenvalue weighted by Crippen LogP contribution is -2.23. The summed E-state index contributed by atoms with van der Waals surface area (Å²) in [6, 6.07) is 6.68. The molecule has 2 rings (SSSR count). The zero-order chi connectivity index (χ0) is 10.1. The first kappa shape index (κ1) is 9.06. The van der Waals surface area contributed by atoms with Gasteiger partial charge in [-0.15, -0.1) is 0 Å². The van der Waals surface area contributed by atoms with Gasteiger partial charge in [-0.25, -0.2) is 0 Å². The van der Waals surface area contributed by atoms with Crippen LogP contribution in [0.25, 0.3) is 0 Å². The van der Waals surface area contributed by atoms with Gasteiger partial charge in [-0.3, -0.25) is 0 Å². The van der Waals surface area contributed by atoms with Crippen LogP contribution in [0.15, 0.2) is 23.4 Å². The zero-order valence-corrected chi connectivity index (χ0v) is 8.44. The van der Waals surface area contributed by atoms with Gasteiger partial charge in [-0.05, 0) is 36.6 Å². The molecule has 0 saturated heterocycles. The summed E-state index contributed by atoms with van der Waals surface area (Å²) in [5.74, 6) is 0. The lowest BCUT2D eigenvalue weighted by molar-refractivity contribution is 0.322. The van der Waals surface area contributed by atoms with E-state index in [2.05, 4.69) is 36.2 Å². The molecular formula is C11H14N2O. The third kappa shape index (κ3) is 1.35. The Hall–Kier alpha value is -1.51. The second kappa shape index (κ2) is 3.33. The maximum absolute atomic E-state index is 8.43. The van der Waals surface area contributed by atoms with Gasteiger partial charge in [-0.1, -0.05) is 11.2 Å². The Labute approximate surface area is 83.7 Å². The number of anilines is 1. The number of oxime groups is 1. The summed E-state index contributed by atoms with van der Waals surface area (Å²) >= 11 is 0. The maximum atomic E-state index is 8.43. The summed E-state index contributed by atoms with van der Waals surface area (Å²) in [5.41, 5.74) is 3.57. The topological polar surface area (TPSA) is 35.8 Å². The Morgan fingerprint density at radius 3 is 3.07 bits per heavy atom. The molecule has 1 unspecified atom stereocenters. The standard InChI is InChI=1S/C11H14N2O/c1-8-5-10-6-9(7-12-14)3-4-11(10)13(8)2/h3-4,6-8,14H,5H2,1-2H3/b12-7-. The number of likely N-dealkylation sites (N-methyl/N-ethyl adjacent to an activating group) is 1. The van der Waals surface area contributed by atoms with Gasteiger partial charge in [0.2, 0.25) is 0 Å². The average molecular weight is 190 g/mol. The van der Waals surface area contributed by atoms with Gasteiger partial charge < -0.3 is 10.1 Å². The van der Waals surface area contributed by atoms with Crippen LogP contribution in [0.5, 0.6) is 0 Å². The summed E-state index contributed by atoms with van der Waals surface area (Å²) in [4.78, 5) is 2.27. The van der Waals surface area contributed by atoms with Crippen molar-refractivity contribution in [1.29, 1.82) is 0 Å². The molecule has 0 bridgehead atoms. The number of hydrogen-bond donors (Lipinski definition) is 1. The predicted molar refractivity (Wildman–Crippen MR) is 57.4 cm³/mol. The maximum Gasteiger partial charge on any atom is 0.0733 e. The highest BCUT2D eigenvalue weighted by molar-refractivity contribution is 5.81. The lowest BCUT2D eigenvalue weighted by Gasteiger charge is -2.18. The van der Waals surface area contributed by atoms with Crippen LogP contribution in [-0.4, -0.2) is 24.5 Å². The first-order valence-electron chi connectivity index (χ1n) is 4.75. The van der Waals surface area contributed by atoms with Gasteiger partial charge in [-0.2, -0.15) is 0 Å². The van der Waals surface area contributed by atoms with E-state index in [0.29, 0.717) is 6.04 Å². The van der Waals surface area contributed by atoms with Crippen LogP contribution in [-0.2, 0) is 6.42 Å². The van der Waals surface area contributed by atoms with Crippen molar-refractivity contribution in [2.45, 2.75) is 19.4 Å². The molecule has 1 heterocycles. The minimum Gasteiger partial charge on any atom is -0.411 e. The minimum atomic E-state index is 0.561. The predicted octanol–water partition coefficient (Wildman–Crippen LogP) is 1.88. The van der Waals surface area contributed by atoms with Crippen LogP contribution in [0.4, 0.5) is 5.69 Å². The molecule has 0 fully saturated rings. The second-order valence-corrected chi connectivity index (χ2v) is 3.80. The molecule has 0 aliphatic carbocycles. The first-order valence-corrected chi connectivity index (χ1v) is 4.75. The van der Waals surface area contributed by atoms with Gasteiger partial charge in [0, 0.05) is 18.8 Å². The van der Waals surface area contributed by atoms with E-state index in [1.54, 1.807) is 0 Å². The quantitative estimate of drug-likeness (QED) is 0.417. The molecule has 1 aliphatic heterocycles. The molecular weight excluding hydrogens is 176 g/mol. The Bertz CT molecular complexity index is 374. The third-order valence-electron chi connectivity index (χ3n) is 2.87. The lowest BCUT2D eigenvalue weighted by atomic mass is 10.1. The molecule has 0 aromatic heterocycles. The molecule has 0 spiro atoms. The summed E-state index contributed by atoms with van der Waals surface area (Å²) in [5, 5.41) is 11.5. The normalized spacial score (nSPS) is 20.4. The monoisotopic (exact) mass is 190 g/mol. The fraction of sp³-hybridized carbons (Fsp3) is 0.364. The Balaban J connectivity index is 2.39. The van der Waals surface area contributed by atoms with Crippen molar-refractivity contribution in [3.8, 4) is 0 Å². The highest BCUT2D eigenvalue weighted by Crippen LogP contribution is 2.30. The molecule has 3 nitrogen and oxygen atoms in total. The van der Waals surface area contributed by atoms with Crippen LogP contribution in [0.2, 0.25) is 0 Å². The van der Waals surface area contributed by atoms with E-state index in [1.807, 2.05) is 6.07 Å². The van der Waals surface area contributed by atoms with Crippen LogP contribution in [0.3, 0.4) is 0 Å². The van der Waals surface area contributed by atoms with Gasteiger partial charge in [0.1, 0.15) is 0 Å². The van der Waals surface area contributed by atoms with Crippen molar-refractivity contribution < 1.29 is 5.21 Å². The Morgan fingerprint density at radius 2 is 2.36 bits per heavy atom. The molecule has 1 aromatic rings. The molecule has 0 radical (unpaired) electrons. The molecule has 1 N–H and O–H groups in total. The molecule has 74 valence electrons. The number of benzene rings is 1. The Kier molecular flexibility index (Phi) is 2.15. The van der Waals surface area contributed by atoms with E-state index in [0.717, 1.165) is 12.0 Å². The van der Waals surface area contributed by atoms with E-state index in [1.165, 1.54) is 17.5 Å². The molecule has 0 amide bonds. The van der Waals surface area contributed by atoms with E-state index in [-0.39, 0.29) is 0 Å². The molecule has 3 heteroatoms. The highest BCUT2D eigenvalue weighted by atomic mass is 16.4. The van der Waals surface area contributed by atoms with E-state index in [9.17, 15) is 0 Å². The highest BCUT2D eigenvalue weighted by Gasteiger charge is 2.22. The number of hydrogen-bond acceptors (Lipinski definition) is 3.